The lowest BCUT2D eigenvalue weighted by Crippen LogP contribution is -2.27. The van der Waals surface area contributed by atoms with E-state index in [2.05, 4.69) is 95.3 Å². The van der Waals surface area contributed by atoms with E-state index >= 15 is 0 Å². The Kier molecular flexibility index (Phi) is 4.98. The second kappa shape index (κ2) is 7.76. The maximum atomic E-state index is 3.72. The van der Waals surface area contributed by atoms with Crippen LogP contribution in [-0.4, -0.2) is 6.04 Å². The summed E-state index contributed by atoms with van der Waals surface area (Å²) < 4.78 is 1.20. The van der Waals surface area contributed by atoms with Crippen LogP contribution in [-0.2, 0) is 5.41 Å². The lowest BCUT2D eigenvalue weighted by atomic mass is 9.71. The highest BCUT2D eigenvalue weighted by molar-refractivity contribution is 9.10. The average Bonchev–Trinajstić information content (AvgIpc) is 3.46. The van der Waals surface area contributed by atoms with Gasteiger partial charge in [-0.3, -0.25) is 0 Å². The minimum atomic E-state index is 0.178. The van der Waals surface area contributed by atoms with Crippen LogP contribution in [0.25, 0.3) is 11.1 Å². The average molecular weight is 486 g/mol. The normalized spacial score (nSPS) is 21.9. The van der Waals surface area contributed by atoms with Gasteiger partial charge in [0.15, 0.2) is 0 Å². The quantitative estimate of drug-likeness (QED) is 0.348. The van der Waals surface area contributed by atoms with E-state index in [1.54, 1.807) is 11.1 Å². The molecule has 6 rings (SSSR count). The van der Waals surface area contributed by atoms with Crippen molar-refractivity contribution in [1.82, 2.24) is 0 Å². The maximum absolute atomic E-state index is 3.72. The molecule has 164 valence electrons. The van der Waals surface area contributed by atoms with E-state index in [0.717, 1.165) is 0 Å². The summed E-state index contributed by atoms with van der Waals surface area (Å²) in [5, 5.41) is 0. The first kappa shape index (κ1) is 20.5. The molecule has 1 aliphatic heterocycles. The molecule has 32 heavy (non-hydrogen) atoms. The standard InChI is InChI=1S/C30H32BrN/c1-3-16-30(17-4-2)26-10-6-5-8-22(26)24-19-21(13-14-27(24)30)32-28-11-7-9-23(28)25-18-20(31)12-15-29(25)32/h5-6,8,10,12-15,18-19,23,28H,3-4,7,9,11,16-17H2,1-2H3. The largest absolute Gasteiger partial charge is 0.337 e. The molecule has 0 amide bonds. The molecule has 1 fully saturated rings. The Morgan fingerprint density at radius 3 is 2.47 bits per heavy atom. The fourth-order valence-corrected chi connectivity index (χ4v) is 7.66. The zero-order chi connectivity index (χ0) is 21.9. The molecule has 0 aromatic heterocycles. The van der Waals surface area contributed by atoms with Gasteiger partial charge in [-0.25, -0.2) is 0 Å². The third-order valence-electron chi connectivity index (χ3n) is 8.34. The first-order valence-electron chi connectivity index (χ1n) is 12.5. The molecule has 2 atom stereocenters. The summed E-state index contributed by atoms with van der Waals surface area (Å²) in [4.78, 5) is 2.67. The van der Waals surface area contributed by atoms with Crippen LogP contribution in [0.1, 0.15) is 81.4 Å². The molecule has 3 aromatic carbocycles. The van der Waals surface area contributed by atoms with Crippen LogP contribution in [0.3, 0.4) is 0 Å². The number of halogens is 1. The number of nitrogens with zero attached hydrogens (tertiary/aromatic N) is 1. The van der Waals surface area contributed by atoms with Gasteiger partial charge in [0.25, 0.3) is 0 Å². The van der Waals surface area contributed by atoms with Crippen molar-refractivity contribution in [1.29, 1.82) is 0 Å². The summed E-state index contributed by atoms with van der Waals surface area (Å²) in [5.74, 6) is 0.669. The van der Waals surface area contributed by atoms with Gasteiger partial charge in [-0.2, -0.15) is 0 Å². The Morgan fingerprint density at radius 2 is 1.66 bits per heavy atom. The van der Waals surface area contributed by atoms with Crippen molar-refractivity contribution in [3.8, 4) is 11.1 Å². The smallest absolute Gasteiger partial charge is 0.0450 e. The lowest BCUT2D eigenvalue weighted by Gasteiger charge is -2.32. The van der Waals surface area contributed by atoms with E-state index in [1.807, 2.05) is 0 Å². The Bertz CT molecular complexity index is 1170. The minimum absolute atomic E-state index is 0.178. The van der Waals surface area contributed by atoms with Crippen molar-refractivity contribution >= 4 is 27.3 Å². The molecule has 0 N–H and O–H groups in total. The van der Waals surface area contributed by atoms with Crippen molar-refractivity contribution < 1.29 is 0 Å². The van der Waals surface area contributed by atoms with Crippen molar-refractivity contribution in [2.45, 2.75) is 76.2 Å². The molecule has 2 heteroatoms. The van der Waals surface area contributed by atoms with Crippen LogP contribution in [0, 0.1) is 0 Å². The van der Waals surface area contributed by atoms with Crippen molar-refractivity contribution in [2.75, 3.05) is 4.90 Å². The highest BCUT2D eigenvalue weighted by atomic mass is 79.9. The molecule has 2 aliphatic carbocycles. The number of fused-ring (bicyclic) bond motifs is 6. The third kappa shape index (κ3) is 2.81. The van der Waals surface area contributed by atoms with Gasteiger partial charge in [0.2, 0.25) is 0 Å². The molecule has 1 nitrogen and oxygen atoms in total. The first-order valence-corrected chi connectivity index (χ1v) is 13.3. The van der Waals surface area contributed by atoms with Crippen LogP contribution in [0.4, 0.5) is 11.4 Å². The molecular weight excluding hydrogens is 454 g/mol. The van der Waals surface area contributed by atoms with Crippen LogP contribution in [0.2, 0.25) is 0 Å². The van der Waals surface area contributed by atoms with E-state index in [0.29, 0.717) is 12.0 Å². The monoisotopic (exact) mass is 485 g/mol. The van der Waals surface area contributed by atoms with E-state index in [9.17, 15) is 0 Å². The second-order valence-corrected chi connectivity index (χ2v) is 11.0. The number of benzene rings is 3. The van der Waals surface area contributed by atoms with Gasteiger partial charge < -0.3 is 4.90 Å². The van der Waals surface area contributed by atoms with Gasteiger partial charge >= 0.3 is 0 Å². The molecule has 0 radical (unpaired) electrons. The number of rotatable bonds is 5. The highest BCUT2D eigenvalue weighted by Gasteiger charge is 2.44. The van der Waals surface area contributed by atoms with Crippen LogP contribution in [0.15, 0.2) is 65.1 Å². The Labute approximate surface area is 201 Å². The van der Waals surface area contributed by atoms with Gasteiger partial charge in [0, 0.05) is 33.2 Å². The SMILES string of the molecule is CCCC1(CCC)c2ccccc2-c2cc(N3c4ccc(Br)cc4C4CCCC43)ccc21. The van der Waals surface area contributed by atoms with E-state index < -0.39 is 0 Å². The molecule has 0 bridgehead atoms. The van der Waals surface area contributed by atoms with Gasteiger partial charge in [0.1, 0.15) is 0 Å². The Balaban J connectivity index is 1.52. The van der Waals surface area contributed by atoms with E-state index in [-0.39, 0.29) is 5.41 Å². The Hall–Kier alpha value is -2.06. The molecule has 1 saturated carbocycles. The summed E-state index contributed by atoms with van der Waals surface area (Å²) in [6, 6.07) is 24.2. The lowest BCUT2D eigenvalue weighted by molar-refractivity contribution is 0.436. The summed E-state index contributed by atoms with van der Waals surface area (Å²) in [6.07, 6.45) is 8.84. The van der Waals surface area contributed by atoms with Gasteiger partial charge in [0.05, 0.1) is 0 Å². The van der Waals surface area contributed by atoms with E-state index in [4.69, 9.17) is 0 Å². The molecule has 1 heterocycles. The zero-order valence-electron chi connectivity index (χ0n) is 19.2. The molecule has 2 unspecified atom stereocenters. The van der Waals surface area contributed by atoms with Gasteiger partial charge in [-0.1, -0.05) is 79.4 Å². The van der Waals surface area contributed by atoms with Crippen LogP contribution >= 0.6 is 15.9 Å². The summed E-state index contributed by atoms with van der Waals surface area (Å²) in [6.45, 7) is 4.68. The van der Waals surface area contributed by atoms with Crippen molar-refractivity contribution in [3.63, 3.8) is 0 Å². The predicted molar refractivity (Wildman–Crippen MR) is 139 cm³/mol. The summed E-state index contributed by atoms with van der Waals surface area (Å²) in [5.41, 5.74) is 10.6. The molecule has 3 aromatic rings. The van der Waals surface area contributed by atoms with Crippen molar-refractivity contribution in [2.24, 2.45) is 0 Å². The third-order valence-corrected chi connectivity index (χ3v) is 8.84. The fraction of sp³-hybridized carbons (Fsp3) is 0.400. The number of hydrogen-bond acceptors (Lipinski definition) is 1. The minimum Gasteiger partial charge on any atom is -0.337 e. The molecule has 3 aliphatic rings. The fourth-order valence-electron chi connectivity index (χ4n) is 7.28. The van der Waals surface area contributed by atoms with Gasteiger partial charge in [-0.05, 0) is 83.8 Å². The Morgan fingerprint density at radius 1 is 0.875 bits per heavy atom. The molecular formula is C30H32BrN. The topological polar surface area (TPSA) is 3.24 Å². The zero-order valence-corrected chi connectivity index (χ0v) is 20.8. The molecule has 0 spiro atoms. The maximum Gasteiger partial charge on any atom is 0.0450 e. The number of anilines is 2. The number of hydrogen-bond donors (Lipinski definition) is 0. The molecule has 0 saturated heterocycles. The van der Waals surface area contributed by atoms with Crippen molar-refractivity contribution in [3.05, 3.63) is 81.8 Å². The van der Waals surface area contributed by atoms with E-state index in [1.165, 1.54) is 77.5 Å². The summed E-state index contributed by atoms with van der Waals surface area (Å²) >= 11 is 3.72. The summed E-state index contributed by atoms with van der Waals surface area (Å²) in [7, 11) is 0. The van der Waals surface area contributed by atoms with Gasteiger partial charge in [-0.15, -0.1) is 0 Å². The van der Waals surface area contributed by atoms with Crippen LogP contribution < -0.4 is 4.90 Å². The van der Waals surface area contributed by atoms with Crippen LogP contribution in [0.5, 0.6) is 0 Å². The second-order valence-electron chi connectivity index (χ2n) is 10.0. The predicted octanol–water partition coefficient (Wildman–Crippen LogP) is 9.10. The first-order chi connectivity index (χ1) is 15.7. The highest BCUT2D eigenvalue weighted by Crippen LogP contribution is 2.57.